The van der Waals surface area contributed by atoms with Crippen LogP contribution in [0.25, 0.3) is 0 Å². The molecule has 0 radical (unpaired) electrons. The smallest absolute Gasteiger partial charge is 0.225 e. The standard InChI is InChI=1S/C11H13NO2S/c1-7(13)10-6-11(14)12-8-4-2-3-5-9(8)15-10/h2-5,7,10,13H,6H2,1H3,(H,12,14)/t7-,10+/m0/s1. The number of aliphatic hydroxyl groups is 1. The highest BCUT2D eigenvalue weighted by atomic mass is 32.2. The molecule has 2 N–H and O–H groups in total. The third kappa shape index (κ3) is 2.33. The van der Waals surface area contributed by atoms with Crippen LogP contribution in [0.1, 0.15) is 13.3 Å². The summed E-state index contributed by atoms with van der Waals surface area (Å²) < 4.78 is 0. The molecule has 0 aromatic heterocycles. The molecule has 80 valence electrons. The highest BCUT2D eigenvalue weighted by molar-refractivity contribution is 8.00. The first kappa shape index (κ1) is 10.5. The summed E-state index contributed by atoms with van der Waals surface area (Å²) in [4.78, 5) is 12.5. The maximum Gasteiger partial charge on any atom is 0.225 e. The average Bonchev–Trinajstić information content (AvgIpc) is 2.35. The Bertz CT molecular complexity index is 379. The van der Waals surface area contributed by atoms with Crippen molar-refractivity contribution in [2.75, 3.05) is 5.32 Å². The van der Waals surface area contributed by atoms with Crippen LogP contribution in [0.5, 0.6) is 0 Å². The summed E-state index contributed by atoms with van der Waals surface area (Å²) in [5.74, 6) is -0.0293. The minimum Gasteiger partial charge on any atom is -0.392 e. The fourth-order valence-corrected chi connectivity index (χ4v) is 2.69. The number of carbonyl (C=O) groups excluding carboxylic acids is 1. The summed E-state index contributed by atoms with van der Waals surface area (Å²) in [5, 5.41) is 12.3. The molecule has 0 unspecified atom stereocenters. The molecule has 2 rings (SSSR count). The second kappa shape index (κ2) is 4.24. The molecule has 15 heavy (non-hydrogen) atoms. The molecular formula is C11H13NO2S. The number of anilines is 1. The monoisotopic (exact) mass is 223 g/mol. The van der Waals surface area contributed by atoms with Crippen LogP contribution in [0.15, 0.2) is 29.2 Å². The molecule has 0 aliphatic carbocycles. The van der Waals surface area contributed by atoms with Crippen molar-refractivity contribution in [1.82, 2.24) is 0 Å². The normalized spacial score (nSPS) is 22.5. The zero-order chi connectivity index (χ0) is 10.8. The maximum absolute atomic E-state index is 11.5. The second-order valence-electron chi connectivity index (χ2n) is 3.65. The number of rotatable bonds is 1. The Morgan fingerprint density at radius 1 is 1.53 bits per heavy atom. The molecule has 0 saturated carbocycles. The van der Waals surface area contributed by atoms with Crippen LogP contribution < -0.4 is 5.32 Å². The molecule has 0 spiro atoms. The zero-order valence-electron chi connectivity index (χ0n) is 8.43. The lowest BCUT2D eigenvalue weighted by molar-refractivity contribution is -0.116. The quantitative estimate of drug-likeness (QED) is 0.764. The van der Waals surface area contributed by atoms with E-state index >= 15 is 0 Å². The van der Waals surface area contributed by atoms with Gasteiger partial charge in [-0.1, -0.05) is 12.1 Å². The van der Waals surface area contributed by atoms with Crippen molar-refractivity contribution in [2.24, 2.45) is 0 Å². The Morgan fingerprint density at radius 2 is 2.27 bits per heavy atom. The van der Waals surface area contributed by atoms with Gasteiger partial charge in [0.1, 0.15) is 0 Å². The van der Waals surface area contributed by atoms with Gasteiger partial charge in [0.15, 0.2) is 0 Å². The van der Waals surface area contributed by atoms with E-state index in [1.54, 1.807) is 18.7 Å². The van der Waals surface area contributed by atoms with E-state index in [4.69, 9.17) is 0 Å². The van der Waals surface area contributed by atoms with Crippen molar-refractivity contribution in [1.29, 1.82) is 0 Å². The molecule has 0 saturated heterocycles. The molecule has 1 aromatic rings. The first-order valence-electron chi connectivity index (χ1n) is 4.90. The van der Waals surface area contributed by atoms with Crippen LogP contribution in [0.4, 0.5) is 5.69 Å². The number of nitrogens with one attached hydrogen (secondary N) is 1. The predicted molar refractivity (Wildman–Crippen MR) is 61.0 cm³/mol. The van der Waals surface area contributed by atoms with Gasteiger partial charge >= 0.3 is 0 Å². The molecule has 3 nitrogen and oxygen atoms in total. The van der Waals surface area contributed by atoms with E-state index in [0.717, 1.165) is 10.6 Å². The molecule has 4 heteroatoms. The second-order valence-corrected chi connectivity index (χ2v) is 4.93. The summed E-state index contributed by atoms with van der Waals surface area (Å²) in [6.07, 6.45) is -0.122. The third-order valence-corrected chi connectivity index (χ3v) is 3.84. The molecule has 1 amide bonds. The van der Waals surface area contributed by atoms with Gasteiger partial charge in [-0.05, 0) is 19.1 Å². The number of benzene rings is 1. The number of hydrogen-bond donors (Lipinski definition) is 2. The highest BCUT2D eigenvalue weighted by Crippen LogP contribution is 2.36. The number of carbonyl (C=O) groups is 1. The lowest BCUT2D eigenvalue weighted by atomic mass is 10.2. The summed E-state index contributed by atoms with van der Waals surface area (Å²) in [6.45, 7) is 1.72. The molecule has 1 aromatic carbocycles. The van der Waals surface area contributed by atoms with Crippen molar-refractivity contribution in [3.8, 4) is 0 Å². The number of para-hydroxylation sites is 1. The van der Waals surface area contributed by atoms with E-state index in [9.17, 15) is 9.90 Å². The van der Waals surface area contributed by atoms with E-state index in [1.807, 2.05) is 24.3 Å². The fraction of sp³-hybridized carbons (Fsp3) is 0.364. The SMILES string of the molecule is C[C@H](O)[C@H]1CC(=O)Nc2ccccc2S1. The number of thioether (sulfide) groups is 1. The molecule has 1 aliphatic rings. The number of aliphatic hydroxyl groups excluding tert-OH is 1. The Morgan fingerprint density at radius 3 is 3.00 bits per heavy atom. The number of fused-ring (bicyclic) bond motifs is 1. The number of hydrogen-bond acceptors (Lipinski definition) is 3. The van der Waals surface area contributed by atoms with E-state index in [0.29, 0.717) is 6.42 Å². The van der Waals surface area contributed by atoms with E-state index in [2.05, 4.69) is 5.32 Å². The Labute approximate surface area is 92.9 Å². The Hall–Kier alpha value is -1.00. The van der Waals surface area contributed by atoms with Crippen LogP contribution in [-0.2, 0) is 4.79 Å². The van der Waals surface area contributed by atoms with Gasteiger partial charge in [0.2, 0.25) is 5.91 Å². The van der Waals surface area contributed by atoms with Crippen molar-refractivity contribution in [3.63, 3.8) is 0 Å². The average molecular weight is 223 g/mol. The Kier molecular flexibility index (Phi) is 2.98. The van der Waals surface area contributed by atoms with Crippen molar-refractivity contribution >= 4 is 23.4 Å². The van der Waals surface area contributed by atoms with Gasteiger partial charge in [0.05, 0.1) is 11.8 Å². The van der Waals surface area contributed by atoms with Crippen molar-refractivity contribution in [3.05, 3.63) is 24.3 Å². The summed E-state index contributed by atoms with van der Waals surface area (Å²) in [5.41, 5.74) is 0.843. The largest absolute Gasteiger partial charge is 0.392 e. The van der Waals surface area contributed by atoms with Crippen LogP contribution in [0.3, 0.4) is 0 Å². The first-order chi connectivity index (χ1) is 7.16. The lowest BCUT2D eigenvalue weighted by Gasteiger charge is -2.15. The molecule has 0 bridgehead atoms. The zero-order valence-corrected chi connectivity index (χ0v) is 9.25. The molecule has 2 atom stereocenters. The van der Waals surface area contributed by atoms with Gasteiger partial charge < -0.3 is 10.4 Å². The van der Waals surface area contributed by atoms with Gasteiger partial charge in [-0.15, -0.1) is 11.8 Å². The van der Waals surface area contributed by atoms with Crippen LogP contribution in [0, 0.1) is 0 Å². The topological polar surface area (TPSA) is 49.3 Å². The lowest BCUT2D eigenvalue weighted by Crippen LogP contribution is -2.23. The fourth-order valence-electron chi connectivity index (χ4n) is 1.53. The molecule has 1 aliphatic heterocycles. The minimum absolute atomic E-state index is 0.0293. The molecular weight excluding hydrogens is 210 g/mol. The third-order valence-electron chi connectivity index (χ3n) is 2.36. The summed E-state index contributed by atoms with van der Waals surface area (Å²) in [6, 6.07) is 7.66. The van der Waals surface area contributed by atoms with Crippen molar-refractivity contribution in [2.45, 2.75) is 29.6 Å². The first-order valence-corrected chi connectivity index (χ1v) is 5.78. The van der Waals surface area contributed by atoms with E-state index < -0.39 is 6.10 Å². The molecule has 0 fully saturated rings. The van der Waals surface area contributed by atoms with Crippen LogP contribution in [-0.4, -0.2) is 22.4 Å². The Balaban J connectivity index is 2.31. The van der Waals surface area contributed by atoms with Crippen LogP contribution >= 0.6 is 11.8 Å². The van der Waals surface area contributed by atoms with Gasteiger partial charge in [-0.2, -0.15) is 0 Å². The summed E-state index contributed by atoms with van der Waals surface area (Å²) >= 11 is 1.56. The molecule has 1 heterocycles. The van der Waals surface area contributed by atoms with Gasteiger partial charge in [-0.25, -0.2) is 0 Å². The van der Waals surface area contributed by atoms with Gasteiger partial charge in [0, 0.05) is 16.6 Å². The minimum atomic E-state index is -0.480. The van der Waals surface area contributed by atoms with E-state index in [1.165, 1.54) is 0 Å². The van der Waals surface area contributed by atoms with Crippen LogP contribution in [0.2, 0.25) is 0 Å². The van der Waals surface area contributed by atoms with Gasteiger partial charge in [-0.3, -0.25) is 4.79 Å². The van der Waals surface area contributed by atoms with E-state index in [-0.39, 0.29) is 11.2 Å². The number of amides is 1. The van der Waals surface area contributed by atoms with Crippen molar-refractivity contribution < 1.29 is 9.90 Å². The predicted octanol–water partition coefficient (Wildman–Crippen LogP) is 1.87. The van der Waals surface area contributed by atoms with Gasteiger partial charge in [0.25, 0.3) is 0 Å². The summed E-state index contributed by atoms with van der Waals surface area (Å²) in [7, 11) is 0. The highest BCUT2D eigenvalue weighted by Gasteiger charge is 2.24. The maximum atomic E-state index is 11.5.